The van der Waals surface area contributed by atoms with E-state index in [1.165, 1.54) is 0 Å². The van der Waals surface area contributed by atoms with Gasteiger partial charge in [-0.1, -0.05) is 25.0 Å². The normalized spacial score (nSPS) is 10.6. The highest BCUT2D eigenvalue weighted by Gasteiger charge is 2.08. The average Bonchev–Trinajstić information content (AvgIpc) is 2.45. The summed E-state index contributed by atoms with van der Waals surface area (Å²) in [6.07, 6.45) is 3.96. The lowest BCUT2D eigenvalue weighted by atomic mass is 10.1. The van der Waals surface area contributed by atoms with E-state index in [1.807, 2.05) is 0 Å². The highest BCUT2D eigenvalue weighted by atomic mass is 16.4. The molecular formula is C15H16N2O3. The molecule has 0 N–H and O–H groups in total. The molecule has 5 heteroatoms. The van der Waals surface area contributed by atoms with Gasteiger partial charge in [0.2, 0.25) is 0 Å². The van der Waals surface area contributed by atoms with Crippen LogP contribution in [0.3, 0.4) is 0 Å². The minimum absolute atomic E-state index is 0.297. The summed E-state index contributed by atoms with van der Waals surface area (Å²) in [6, 6.07) is 8.84. The lowest BCUT2D eigenvalue weighted by Gasteiger charge is -2.04. The van der Waals surface area contributed by atoms with Crippen LogP contribution in [0, 0.1) is 11.3 Å². The van der Waals surface area contributed by atoms with Crippen LogP contribution in [0.15, 0.2) is 38.3 Å². The van der Waals surface area contributed by atoms with Gasteiger partial charge in [-0.15, -0.1) is 0 Å². The summed E-state index contributed by atoms with van der Waals surface area (Å²) in [5.74, 6) is -0.606. The summed E-state index contributed by atoms with van der Waals surface area (Å²) in [6.45, 7) is 0.360. The fourth-order valence-corrected chi connectivity index (χ4v) is 2.13. The first kappa shape index (κ1) is 14.1. The number of fused-ring (bicyclic) bond motifs is 1. The number of aromatic nitrogens is 1. The fraction of sp³-hybridized carbons (Fsp3) is 0.400. The minimum Gasteiger partial charge on any atom is -0.409 e. The van der Waals surface area contributed by atoms with Crippen molar-refractivity contribution in [3.8, 4) is 6.07 Å². The van der Waals surface area contributed by atoms with Crippen LogP contribution >= 0.6 is 0 Å². The van der Waals surface area contributed by atoms with E-state index in [4.69, 9.17) is 9.68 Å². The summed E-state index contributed by atoms with van der Waals surface area (Å²) in [5, 5.41) is 8.85. The Morgan fingerprint density at radius 2 is 1.85 bits per heavy atom. The lowest BCUT2D eigenvalue weighted by molar-refractivity contribution is 0.441. The van der Waals surface area contributed by atoms with E-state index in [9.17, 15) is 9.59 Å². The Hall–Kier alpha value is -2.35. The van der Waals surface area contributed by atoms with Crippen LogP contribution in [0.25, 0.3) is 11.0 Å². The van der Waals surface area contributed by atoms with E-state index in [-0.39, 0.29) is 5.56 Å². The molecule has 1 aromatic heterocycles. The summed E-state index contributed by atoms with van der Waals surface area (Å²) in [7, 11) is 0. The topological polar surface area (TPSA) is 76.0 Å². The predicted octanol–water partition coefficient (Wildman–Crippen LogP) is 2.43. The molecule has 0 aliphatic rings. The van der Waals surface area contributed by atoms with Gasteiger partial charge in [-0.3, -0.25) is 4.79 Å². The number of hydrogen-bond donors (Lipinski definition) is 0. The standard InChI is InChI=1S/C15H16N2O3/c16-10-6-2-1-3-7-11-17-14(18)12-8-4-5-9-13(12)20-15(17)19/h4-5,8-9H,1-3,6-7,11H2. The van der Waals surface area contributed by atoms with Gasteiger partial charge in [-0.2, -0.15) is 5.26 Å². The molecular weight excluding hydrogens is 256 g/mol. The molecule has 0 saturated heterocycles. The first-order chi connectivity index (χ1) is 9.74. The molecule has 2 aromatic rings. The number of nitriles is 1. The summed E-state index contributed by atoms with van der Waals surface area (Å²) >= 11 is 0. The van der Waals surface area contributed by atoms with Crippen molar-refractivity contribution in [2.75, 3.05) is 0 Å². The molecule has 0 unspecified atom stereocenters. The molecule has 0 aliphatic carbocycles. The zero-order valence-electron chi connectivity index (χ0n) is 11.2. The number of rotatable bonds is 6. The number of para-hydroxylation sites is 1. The highest BCUT2D eigenvalue weighted by Crippen LogP contribution is 2.07. The average molecular weight is 272 g/mol. The smallest absolute Gasteiger partial charge is 0.409 e. The minimum atomic E-state index is -0.606. The van der Waals surface area contributed by atoms with E-state index < -0.39 is 5.76 Å². The van der Waals surface area contributed by atoms with Gasteiger partial charge in [0, 0.05) is 13.0 Å². The van der Waals surface area contributed by atoms with E-state index in [2.05, 4.69) is 6.07 Å². The molecule has 1 heterocycles. The molecule has 5 nitrogen and oxygen atoms in total. The van der Waals surface area contributed by atoms with Crippen LogP contribution < -0.4 is 11.3 Å². The Balaban J connectivity index is 2.09. The van der Waals surface area contributed by atoms with Crippen molar-refractivity contribution < 1.29 is 4.42 Å². The molecule has 1 aromatic carbocycles. The monoisotopic (exact) mass is 272 g/mol. The summed E-state index contributed by atoms with van der Waals surface area (Å²) in [4.78, 5) is 23.9. The maximum atomic E-state index is 12.2. The number of hydrogen-bond acceptors (Lipinski definition) is 4. The van der Waals surface area contributed by atoms with E-state index in [0.717, 1.165) is 30.3 Å². The Bertz CT molecular complexity index is 737. The molecule has 0 saturated carbocycles. The number of unbranched alkanes of at least 4 members (excludes halogenated alkanes) is 4. The van der Waals surface area contributed by atoms with Gasteiger partial charge in [0.1, 0.15) is 5.58 Å². The Morgan fingerprint density at radius 1 is 1.10 bits per heavy atom. The number of nitrogens with zero attached hydrogens (tertiary/aromatic N) is 2. The summed E-state index contributed by atoms with van der Waals surface area (Å²) in [5.41, 5.74) is 0.0293. The summed E-state index contributed by atoms with van der Waals surface area (Å²) < 4.78 is 6.28. The van der Waals surface area contributed by atoms with Crippen molar-refractivity contribution in [3.63, 3.8) is 0 Å². The van der Waals surface area contributed by atoms with Crippen molar-refractivity contribution in [1.29, 1.82) is 5.26 Å². The molecule has 0 aliphatic heterocycles. The molecule has 2 rings (SSSR count). The van der Waals surface area contributed by atoms with Crippen molar-refractivity contribution in [1.82, 2.24) is 4.57 Å². The van der Waals surface area contributed by atoms with E-state index in [1.54, 1.807) is 24.3 Å². The van der Waals surface area contributed by atoms with Gasteiger partial charge in [0.05, 0.1) is 11.5 Å². The maximum absolute atomic E-state index is 12.2. The second-order valence-electron chi connectivity index (χ2n) is 4.64. The van der Waals surface area contributed by atoms with Gasteiger partial charge < -0.3 is 4.42 Å². The maximum Gasteiger partial charge on any atom is 0.422 e. The molecule has 0 spiro atoms. The Kier molecular flexibility index (Phi) is 4.72. The van der Waals surface area contributed by atoms with Crippen LogP contribution in [0.2, 0.25) is 0 Å². The second-order valence-corrected chi connectivity index (χ2v) is 4.64. The zero-order valence-corrected chi connectivity index (χ0v) is 11.2. The zero-order chi connectivity index (χ0) is 14.4. The highest BCUT2D eigenvalue weighted by molar-refractivity contribution is 5.74. The van der Waals surface area contributed by atoms with Gasteiger partial charge in [-0.25, -0.2) is 9.36 Å². The van der Waals surface area contributed by atoms with Crippen LogP contribution in [0.5, 0.6) is 0 Å². The fourth-order valence-electron chi connectivity index (χ4n) is 2.13. The molecule has 0 radical (unpaired) electrons. The van der Waals surface area contributed by atoms with Crippen LogP contribution in [-0.4, -0.2) is 4.57 Å². The molecule has 0 amide bonds. The van der Waals surface area contributed by atoms with Crippen LogP contribution in [0.1, 0.15) is 32.1 Å². The first-order valence-corrected chi connectivity index (χ1v) is 6.73. The Labute approximate surface area is 116 Å². The third kappa shape index (κ3) is 3.15. The third-order valence-electron chi connectivity index (χ3n) is 3.20. The molecule has 20 heavy (non-hydrogen) atoms. The molecule has 104 valence electrons. The lowest BCUT2D eigenvalue weighted by Crippen LogP contribution is -2.32. The van der Waals surface area contributed by atoms with Crippen molar-refractivity contribution in [3.05, 3.63) is 45.2 Å². The first-order valence-electron chi connectivity index (χ1n) is 6.73. The third-order valence-corrected chi connectivity index (χ3v) is 3.20. The molecule has 0 atom stereocenters. The Morgan fingerprint density at radius 3 is 2.65 bits per heavy atom. The quantitative estimate of drug-likeness (QED) is 0.757. The van der Waals surface area contributed by atoms with Gasteiger partial charge >= 0.3 is 5.76 Å². The molecule has 0 fully saturated rings. The van der Waals surface area contributed by atoms with E-state index >= 15 is 0 Å². The van der Waals surface area contributed by atoms with E-state index in [0.29, 0.717) is 23.9 Å². The molecule has 0 bridgehead atoms. The van der Waals surface area contributed by atoms with Crippen molar-refractivity contribution >= 4 is 11.0 Å². The van der Waals surface area contributed by atoms with Crippen LogP contribution in [0.4, 0.5) is 0 Å². The van der Waals surface area contributed by atoms with Crippen LogP contribution in [-0.2, 0) is 6.54 Å². The predicted molar refractivity (Wildman–Crippen MR) is 75.4 cm³/mol. The largest absolute Gasteiger partial charge is 0.422 e. The SMILES string of the molecule is N#CCCCCCCn1c(=O)oc2ccccc2c1=O. The van der Waals surface area contributed by atoms with Crippen molar-refractivity contribution in [2.45, 2.75) is 38.6 Å². The second kappa shape index (κ2) is 6.71. The van der Waals surface area contributed by atoms with Gasteiger partial charge in [0.15, 0.2) is 0 Å². The van der Waals surface area contributed by atoms with Gasteiger partial charge in [-0.05, 0) is 25.0 Å². The van der Waals surface area contributed by atoms with Crippen molar-refractivity contribution in [2.24, 2.45) is 0 Å². The van der Waals surface area contributed by atoms with Gasteiger partial charge in [0.25, 0.3) is 5.56 Å². The number of benzene rings is 1.